The molecule has 0 unspecified atom stereocenters. The van der Waals surface area contributed by atoms with Crippen LogP contribution in [0.25, 0.3) is 6.08 Å². The number of ether oxygens (including phenoxy) is 2. The van der Waals surface area contributed by atoms with Gasteiger partial charge in [-0.2, -0.15) is 5.26 Å². The SMILES string of the molecule is COC(=O)c1cc(/C=C(\C#N)C(=O)c2cccc(OC)c2)oc1C. The van der Waals surface area contributed by atoms with Crippen LogP contribution in [0.5, 0.6) is 5.75 Å². The molecule has 24 heavy (non-hydrogen) atoms. The summed E-state index contributed by atoms with van der Waals surface area (Å²) in [6.45, 7) is 1.60. The first-order valence-corrected chi connectivity index (χ1v) is 6.99. The molecule has 2 aromatic rings. The molecule has 1 aromatic heterocycles. The molecule has 2 rings (SSSR count). The summed E-state index contributed by atoms with van der Waals surface area (Å²) in [6.07, 6.45) is 1.29. The Kier molecular flexibility index (Phi) is 5.17. The number of Topliss-reactive ketones (excluding diaryl/α,β-unsaturated/α-hetero) is 1. The third-order valence-corrected chi connectivity index (χ3v) is 3.33. The first-order chi connectivity index (χ1) is 11.5. The van der Waals surface area contributed by atoms with Gasteiger partial charge in [-0.1, -0.05) is 12.1 Å². The van der Waals surface area contributed by atoms with E-state index in [9.17, 15) is 14.9 Å². The maximum atomic E-state index is 12.5. The van der Waals surface area contributed by atoms with Gasteiger partial charge in [-0.3, -0.25) is 4.79 Å². The largest absolute Gasteiger partial charge is 0.497 e. The Morgan fingerprint density at radius 3 is 2.62 bits per heavy atom. The number of hydrogen-bond donors (Lipinski definition) is 0. The van der Waals surface area contributed by atoms with Crippen LogP contribution in [0.4, 0.5) is 0 Å². The molecule has 0 spiro atoms. The Hall–Kier alpha value is -3.33. The van der Waals surface area contributed by atoms with Crippen LogP contribution in [0.2, 0.25) is 0 Å². The predicted octanol–water partition coefficient (Wildman–Crippen LogP) is 3.17. The number of ketones is 1. The number of rotatable bonds is 5. The van der Waals surface area contributed by atoms with Gasteiger partial charge in [0.25, 0.3) is 0 Å². The average Bonchev–Trinajstić information content (AvgIpc) is 2.98. The zero-order chi connectivity index (χ0) is 17.7. The molecule has 0 aliphatic heterocycles. The minimum Gasteiger partial charge on any atom is -0.497 e. The molecule has 122 valence electrons. The van der Waals surface area contributed by atoms with E-state index >= 15 is 0 Å². The van der Waals surface area contributed by atoms with E-state index in [1.807, 2.05) is 6.07 Å². The number of esters is 1. The highest BCUT2D eigenvalue weighted by Gasteiger charge is 2.17. The van der Waals surface area contributed by atoms with Gasteiger partial charge in [-0.05, 0) is 25.1 Å². The number of carbonyl (C=O) groups excluding carboxylic acids is 2. The predicted molar refractivity (Wildman–Crippen MR) is 85.7 cm³/mol. The summed E-state index contributed by atoms with van der Waals surface area (Å²) in [6, 6.07) is 9.77. The third kappa shape index (κ3) is 3.52. The Balaban J connectivity index is 2.37. The summed E-state index contributed by atoms with van der Waals surface area (Å²) in [5.41, 5.74) is 0.446. The van der Waals surface area contributed by atoms with Gasteiger partial charge >= 0.3 is 5.97 Å². The van der Waals surface area contributed by atoms with Gasteiger partial charge in [0.2, 0.25) is 5.78 Å². The lowest BCUT2D eigenvalue weighted by atomic mass is 10.0. The summed E-state index contributed by atoms with van der Waals surface area (Å²) in [4.78, 5) is 24.0. The zero-order valence-electron chi connectivity index (χ0n) is 13.5. The number of hydrogen-bond acceptors (Lipinski definition) is 6. The van der Waals surface area contributed by atoms with E-state index in [2.05, 4.69) is 4.74 Å². The maximum Gasteiger partial charge on any atom is 0.341 e. The first kappa shape index (κ1) is 17.0. The summed E-state index contributed by atoms with van der Waals surface area (Å²) >= 11 is 0. The molecule has 0 saturated heterocycles. The zero-order valence-corrected chi connectivity index (χ0v) is 13.5. The Morgan fingerprint density at radius 1 is 1.25 bits per heavy atom. The summed E-state index contributed by atoms with van der Waals surface area (Å²) in [7, 11) is 2.75. The molecule has 0 saturated carbocycles. The fourth-order valence-electron chi connectivity index (χ4n) is 2.10. The number of allylic oxidation sites excluding steroid dienone is 1. The summed E-state index contributed by atoms with van der Waals surface area (Å²) in [5, 5.41) is 9.27. The lowest BCUT2D eigenvalue weighted by Crippen LogP contribution is -2.02. The molecule has 0 N–H and O–H groups in total. The quantitative estimate of drug-likeness (QED) is 0.363. The molecule has 0 atom stereocenters. The second kappa shape index (κ2) is 7.29. The second-order valence-electron chi connectivity index (χ2n) is 4.84. The van der Waals surface area contributed by atoms with Crippen LogP contribution in [-0.4, -0.2) is 26.0 Å². The third-order valence-electron chi connectivity index (χ3n) is 3.33. The topological polar surface area (TPSA) is 89.5 Å². The molecule has 1 aromatic carbocycles. The van der Waals surface area contributed by atoms with Gasteiger partial charge in [0.05, 0.1) is 14.2 Å². The second-order valence-corrected chi connectivity index (χ2v) is 4.84. The maximum absolute atomic E-state index is 12.5. The van der Waals surface area contributed by atoms with Crippen LogP contribution in [0, 0.1) is 18.3 Å². The number of nitrogens with zero attached hydrogens (tertiary/aromatic N) is 1. The fraction of sp³-hybridized carbons (Fsp3) is 0.167. The number of furan rings is 1. The van der Waals surface area contributed by atoms with E-state index in [1.54, 1.807) is 31.2 Å². The van der Waals surface area contributed by atoms with Crippen molar-refractivity contribution in [2.45, 2.75) is 6.92 Å². The normalized spacial score (nSPS) is 10.8. The van der Waals surface area contributed by atoms with Crippen LogP contribution in [0.3, 0.4) is 0 Å². The van der Waals surface area contributed by atoms with E-state index in [4.69, 9.17) is 9.15 Å². The van der Waals surface area contributed by atoms with Gasteiger partial charge in [0.1, 0.15) is 34.5 Å². The van der Waals surface area contributed by atoms with Crippen molar-refractivity contribution in [1.29, 1.82) is 5.26 Å². The van der Waals surface area contributed by atoms with Gasteiger partial charge in [0.15, 0.2) is 0 Å². The van der Waals surface area contributed by atoms with Crippen molar-refractivity contribution in [1.82, 2.24) is 0 Å². The highest BCUT2D eigenvalue weighted by molar-refractivity contribution is 6.14. The van der Waals surface area contributed by atoms with Crippen molar-refractivity contribution in [2.24, 2.45) is 0 Å². The molecule has 6 nitrogen and oxygen atoms in total. The van der Waals surface area contributed by atoms with E-state index in [1.165, 1.54) is 26.4 Å². The van der Waals surface area contributed by atoms with Gasteiger partial charge in [-0.25, -0.2) is 4.79 Å². The summed E-state index contributed by atoms with van der Waals surface area (Å²) < 4.78 is 15.1. The number of aryl methyl sites for hydroxylation is 1. The van der Waals surface area contributed by atoms with E-state index < -0.39 is 11.8 Å². The number of nitriles is 1. The van der Waals surface area contributed by atoms with Gasteiger partial charge in [0, 0.05) is 11.6 Å². The van der Waals surface area contributed by atoms with Crippen molar-refractivity contribution < 1.29 is 23.5 Å². The fourth-order valence-corrected chi connectivity index (χ4v) is 2.10. The molecule has 0 fully saturated rings. The molecular formula is C18H15NO5. The van der Waals surface area contributed by atoms with Crippen molar-refractivity contribution in [3.8, 4) is 11.8 Å². The van der Waals surface area contributed by atoms with Crippen LogP contribution in [0.15, 0.2) is 40.3 Å². The Labute approximate surface area is 138 Å². The molecule has 0 aliphatic rings. The number of methoxy groups -OCH3 is 2. The molecule has 0 amide bonds. The first-order valence-electron chi connectivity index (χ1n) is 6.99. The Bertz CT molecular complexity index is 855. The highest BCUT2D eigenvalue weighted by Crippen LogP contribution is 2.21. The van der Waals surface area contributed by atoms with Crippen molar-refractivity contribution in [3.63, 3.8) is 0 Å². The molecular weight excluding hydrogens is 310 g/mol. The molecule has 6 heteroatoms. The van der Waals surface area contributed by atoms with Crippen molar-refractivity contribution in [3.05, 3.63) is 58.6 Å². The van der Waals surface area contributed by atoms with Crippen molar-refractivity contribution >= 4 is 17.8 Å². The Morgan fingerprint density at radius 2 is 2.00 bits per heavy atom. The lowest BCUT2D eigenvalue weighted by molar-refractivity contribution is 0.0598. The molecule has 0 aliphatic carbocycles. The molecule has 0 bridgehead atoms. The van der Waals surface area contributed by atoms with E-state index in [0.29, 0.717) is 17.1 Å². The van der Waals surface area contributed by atoms with Crippen LogP contribution in [0.1, 0.15) is 32.2 Å². The lowest BCUT2D eigenvalue weighted by Gasteiger charge is -2.02. The van der Waals surface area contributed by atoms with E-state index in [-0.39, 0.29) is 16.9 Å². The summed E-state index contributed by atoms with van der Waals surface area (Å²) in [5.74, 6) is 0.0680. The van der Waals surface area contributed by atoms with Gasteiger partial charge in [-0.15, -0.1) is 0 Å². The van der Waals surface area contributed by atoms with Crippen LogP contribution >= 0.6 is 0 Å². The highest BCUT2D eigenvalue weighted by atomic mass is 16.5. The number of benzene rings is 1. The standard InChI is InChI=1S/C18H15NO5/c1-11-16(18(21)23-3)9-15(24-11)8-13(10-19)17(20)12-5-4-6-14(7-12)22-2/h4-9H,1-3H3/b13-8+. The minimum absolute atomic E-state index is 0.117. The average molecular weight is 325 g/mol. The minimum atomic E-state index is -0.548. The molecule has 1 heterocycles. The number of carbonyl (C=O) groups is 2. The monoisotopic (exact) mass is 325 g/mol. The van der Waals surface area contributed by atoms with Crippen LogP contribution in [-0.2, 0) is 4.74 Å². The van der Waals surface area contributed by atoms with Crippen LogP contribution < -0.4 is 4.74 Å². The van der Waals surface area contributed by atoms with E-state index in [0.717, 1.165) is 0 Å². The van der Waals surface area contributed by atoms with Gasteiger partial charge < -0.3 is 13.9 Å². The van der Waals surface area contributed by atoms with Crippen molar-refractivity contribution in [2.75, 3.05) is 14.2 Å². The smallest absolute Gasteiger partial charge is 0.341 e. The molecule has 0 radical (unpaired) electrons.